The fraction of sp³-hybridized carbons (Fsp3) is 0.583. The molecule has 0 spiro atoms. The molecule has 2 saturated heterocycles. The Balaban J connectivity index is 1.87. The van der Waals surface area contributed by atoms with Crippen molar-refractivity contribution in [2.45, 2.75) is 91.1 Å². The number of hydrogen-bond donors (Lipinski definition) is 1. The van der Waals surface area contributed by atoms with Gasteiger partial charge in [-0.2, -0.15) is 0 Å². The Labute approximate surface area is 187 Å². The molecule has 2 aliphatic heterocycles. The standard InChI is InChI=1S/C24H35B2NO4/c1-10-17(25-28-21(2,3)22(4,5)29-25)20(26-30-23(6,7)24(8,9)31-26)19-15-16-13-11-12-14-18(16)27-19/h11-15,27H,10H2,1-9H3/b20-17-. The van der Waals surface area contributed by atoms with Crippen LogP contribution in [-0.4, -0.2) is 41.6 Å². The van der Waals surface area contributed by atoms with E-state index in [1.807, 2.05) is 12.1 Å². The summed E-state index contributed by atoms with van der Waals surface area (Å²) in [7, 11) is -0.984. The minimum atomic E-state index is -0.521. The van der Waals surface area contributed by atoms with Crippen LogP contribution in [0.25, 0.3) is 16.4 Å². The number of para-hydroxylation sites is 1. The summed E-state index contributed by atoms with van der Waals surface area (Å²) in [6, 6.07) is 10.4. The molecule has 3 heterocycles. The van der Waals surface area contributed by atoms with E-state index in [1.165, 1.54) is 0 Å². The third-order valence-corrected chi connectivity index (χ3v) is 7.57. The minimum absolute atomic E-state index is 0.417. The molecule has 1 aromatic carbocycles. The van der Waals surface area contributed by atoms with E-state index in [0.29, 0.717) is 0 Å². The highest BCUT2D eigenvalue weighted by Crippen LogP contribution is 2.45. The van der Waals surface area contributed by atoms with E-state index >= 15 is 0 Å². The van der Waals surface area contributed by atoms with Gasteiger partial charge >= 0.3 is 14.2 Å². The molecule has 0 amide bonds. The van der Waals surface area contributed by atoms with Crippen molar-refractivity contribution in [2.24, 2.45) is 0 Å². The second kappa shape index (κ2) is 7.24. The first-order chi connectivity index (χ1) is 14.3. The Kier molecular flexibility index (Phi) is 5.29. The second-order valence-corrected chi connectivity index (χ2v) is 10.7. The molecule has 0 saturated carbocycles. The van der Waals surface area contributed by atoms with Crippen LogP contribution in [0.1, 0.15) is 74.4 Å². The number of aromatic nitrogens is 1. The van der Waals surface area contributed by atoms with Crippen molar-refractivity contribution in [3.05, 3.63) is 41.5 Å². The summed E-state index contributed by atoms with van der Waals surface area (Å²) in [6.45, 7) is 18.8. The Bertz CT molecular complexity index is 957. The molecular formula is C24H35B2NO4. The van der Waals surface area contributed by atoms with E-state index in [0.717, 1.165) is 34.0 Å². The van der Waals surface area contributed by atoms with Crippen molar-refractivity contribution in [3.63, 3.8) is 0 Å². The average Bonchev–Trinajstić information content (AvgIpc) is 3.22. The number of rotatable bonds is 4. The molecule has 7 heteroatoms. The van der Waals surface area contributed by atoms with Crippen molar-refractivity contribution in [3.8, 4) is 0 Å². The molecule has 0 unspecified atom stereocenters. The zero-order valence-corrected chi connectivity index (χ0v) is 20.4. The van der Waals surface area contributed by atoms with Gasteiger partial charge < -0.3 is 23.6 Å². The first-order valence-corrected chi connectivity index (χ1v) is 11.3. The van der Waals surface area contributed by atoms with Crippen molar-refractivity contribution in [1.82, 2.24) is 4.98 Å². The smallest absolute Gasteiger partial charge is 0.400 e. The molecule has 0 bridgehead atoms. The number of hydrogen-bond acceptors (Lipinski definition) is 4. The minimum Gasteiger partial charge on any atom is -0.400 e. The van der Waals surface area contributed by atoms with Crippen LogP contribution >= 0.6 is 0 Å². The topological polar surface area (TPSA) is 52.7 Å². The van der Waals surface area contributed by atoms with E-state index in [1.54, 1.807) is 0 Å². The Morgan fingerprint density at radius 2 is 1.26 bits per heavy atom. The lowest BCUT2D eigenvalue weighted by molar-refractivity contribution is 0.00578. The summed E-state index contributed by atoms with van der Waals surface area (Å²) >= 11 is 0. The predicted molar refractivity (Wildman–Crippen MR) is 128 cm³/mol. The molecule has 1 aromatic heterocycles. The number of aromatic amines is 1. The molecule has 166 valence electrons. The van der Waals surface area contributed by atoms with Crippen LogP contribution in [0, 0.1) is 0 Å². The van der Waals surface area contributed by atoms with Gasteiger partial charge in [-0.15, -0.1) is 0 Å². The lowest BCUT2D eigenvalue weighted by Crippen LogP contribution is -2.41. The van der Waals surface area contributed by atoms with Gasteiger partial charge in [0.05, 0.1) is 22.4 Å². The van der Waals surface area contributed by atoms with Gasteiger partial charge in [-0.1, -0.05) is 25.1 Å². The monoisotopic (exact) mass is 423 g/mol. The average molecular weight is 423 g/mol. The van der Waals surface area contributed by atoms with Crippen LogP contribution in [0.2, 0.25) is 0 Å². The molecule has 0 atom stereocenters. The van der Waals surface area contributed by atoms with Gasteiger partial charge in [0, 0.05) is 16.7 Å². The maximum Gasteiger partial charge on any atom is 0.496 e. The fourth-order valence-corrected chi connectivity index (χ4v) is 4.10. The highest BCUT2D eigenvalue weighted by molar-refractivity contribution is 6.73. The van der Waals surface area contributed by atoms with Gasteiger partial charge in [-0.3, -0.25) is 0 Å². The normalized spacial score (nSPS) is 24.7. The molecule has 2 fully saturated rings. The van der Waals surface area contributed by atoms with E-state index in [4.69, 9.17) is 18.6 Å². The molecule has 2 aromatic rings. The van der Waals surface area contributed by atoms with Gasteiger partial charge in [-0.25, -0.2) is 0 Å². The first-order valence-electron chi connectivity index (χ1n) is 11.3. The number of allylic oxidation sites excluding steroid dienone is 1. The Morgan fingerprint density at radius 3 is 1.74 bits per heavy atom. The highest BCUT2D eigenvalue weighted by Gasteiger charge is 2.56. The van der Waals surface area contributed by atoms with Gasteiger partial charge in [0.1, 0.15) is 0 Å². The van der Waals surface area contributed by atoms with Crippen molar-refractivity contribution in [1.29, 1.82) is 0 Å². The molecule has 2 aliphatic rings. The molecule has 4 rings (SSSR count). The molecular weight excluding hydrogens is 388 g/mol. The van der Waals surface area contributed by atoms with E-state index in [2.05, 4.69) is 85.5 Å². The van der Waals surface area contributed by atoms with E-state index in [-0.39, 0.29) is 0 Å². The summed E-state index contributed by atoms with van der Waals surface area (Å²) in [5.74, 6) is 0. The van der Waals surface area contributed by atoms with E-state index in [9.17, 15) is 0 Å². The first kappa shape index (κ1) is 22.7. The predicted octanol–water partition coefficient (Wildman–Crippen LogP) is 5.59. The maximum absolute atomic E-state index is 6.51. The number of benzene rings is 1. The lowest BCUT2D eigenvalue weighted by atomic mass is 9.62. The number of H-pyrrole nitrogens is 1. The van der Waals surface area contributed by atoms with Crippen molar-refractivity contribution < 1.29 is 18.6 Å². The summed E-state index contributed by atoms with van der Waals surface area (Å²) in [5, 5.41) is 1.15. The van der Waals surface area contributed by atoms with Crippen molar-refractivity contribution in [2.75, 3.05) is 0 Å². The van der Waals surface area contributed by atoms with Crippen molar-refractivity contribution >= 4 is 30.6 Å². The summed E-state index contributed by atoms with van der Waals surface area (Å²) in [4.78, 5) is 3.58. The number of nitrogens with one attached hydrogen (secondary N) is 1. The molecule has 31 heavy (non-hydrogen) atoms. The van der Waals surface area contributed by atoms with Gasteiger partial charge in [0.2, 0.25) is 0 Å². The van der Waals surface area contributed by atoms with Crippen LogP contribution in [0.5, 0.6) is 0 Å². The molecule has 5 nitrogen and oxygen atoms in total. The van der Waals surface area contributed by atoms with Crippen LogP contribution in [0.3, 0.4) is 0 Å². The second-order valence-electron chi connectivity index (χ2n) is 10.7. The zero-order chi connectivity index (χ0) is 22.8. The van der Waals surface area contributed by atoms with Crippen LogP contribution in [0.4, 0.5) is 0 Å². The SMILES string of the molecule is CC/C(B1OC(C)(C)C(C)(C)O1)=C(/B1OC(C)(C)C(C)(C)O1)c1cc2ccccc2[nH]1. The highest BCUT2D eigenvalue weighted by atomic mass is 16.7. The summed E-state index contributed by atoms with van der Waals surface area (Å²) in [5.41, 5.74) is 2.36. The molecule has 1 N–H and O–H groups in total. The third kappa shape index (κ3) is 3.70. The van der Waals surface area contributed by atoms with Crippen LogP contribution in [-0.2, 0) is 18.6 Å². The Morgan fingerprint density at radius 1 is 0.774 bits per heavy atom. The van der Waals surface area contributed by atoms with Crippen LogP contribution in [0.15, 0.2) is 35.8 Å². The van der Waals surface area contributed by atoms with Gasteiger partial charge in [0.25, 0.3) is 0 Å². The Hall–Kier alpha value is -1.53. The largest absolute Gasteiger partial charge is 0.496 e. The summed E-state index contributed by atoms with van der Waals surface area (Å²) in [6.07, 6.45) is 0.756. The third-order valence-electron chi connectivity index (χ3n) is 7.57. The number of fused-ring (bicyclic) bond motifs is 1. The summed E-state index contributed by atoms with van der Waals surface area (Å²) < 4.78 is 25.9. The zero-order valence-electron chi connectivity index (χ0n) is 20.4. The molecule has 0 aliphatic carbocycles. The quantitative estimate of drug-likeness (QED) is 0.652. The maximum atomic E-state index is 6.51. The van der Waals surface area contributed by atoms with Crippen LogP contribution < -0.4 is 0 Å². The van der Waals surface area contributed by atoms with E-state index < -0.39 is 36.6 Å². The van der Waals surface area contributed by atoms with Gasteiger partial charge in [-0.05, 0) is 84.8 Å². The molecule has 0 radical (unpaired) electrons. The van der Waals surface area contributed by atoms with Gasteiger partial charge in [0.15, 0.2) is 0 Å². The fourth-order valence-electron chi connectivity index (χ4n) is 4.10. The lowest BCUT2D eigenvalue weighted by Gasteiger charge is -2.32.